The van der Waals surface area contributed by atoms with Crippen molar-refractivity contribution in [1.82, 2.24) is 18.7 Å². The summed E-state index contributed by atoms with van der Waals surface area (Å²) < 4.78 is 8.49. The molecule has 0 fully saturated rings. The first-order valence-electron chi connectivity index (χ1n) is 6.66. The zero-order valence-electron chi connectivity index (χ0n) is 12.1. The first-order valence-corrected chi connectivity index (χ1v) is 8.27. The van der Waals surface area contributed by atoms with E-state index >= 15 is 0 Å². The van der Waals surface area contributed by atoms with Gasteiger partial charge in [0.15, 0.2) is 5.13 Å². The number of nitrogens with zero attached hydrogens (tertiary/aromatic N) is 4. The van der Waals surface area contributed by atoms with Crippen molar-refractivity contribution in [1.29, 1.82) is 0 Å². The Morgan fingerprint density at radius 3 is 2.83 bits per heavy atom. The Balaban J connectivity index is 0.00000156. The molecule has 0 saturated carbocycles. The maximum absolute atomic E-state index is 4.63. The van der Waals surface area contributed by atoms with Crippen molar-refractivity contribution in [2.24, 2.45) is 0 Å². The van der Waals surface area contributed by atoms with E-state index in [9.17, 15) is 0 Å². The van der Waals surface area contributed by atoms with E-state index in [1.807, 2.05) is 42.6 Å². The monoisotopic (exact) mass is 361 g/mol. The molecule has 4 aromatic rings. The third-order valence-electron chi connectivity index (χ3n) is 3.29. The molecule has 0 saturated heterocycles. The number of aromatic nitrogens is 4. The van der Waals surface area contributed by atoms with Crippen molar-refractivity contribution in [3.63, 3.8) is 0 Å². The Labute approximate surface area is 147 Å². The molecule has 0 amide bonds. The topological polar surface area (TPSA) is 63.6 Å². The summed E-state index contributed by atoms with van der Waals surface area (Å²) in [6.45, 7) is 2.02. The molecule has 1 aromatic carbocycles. The van der Waals surface area contributed by atoms with Crippen LogP contribution in [0.15, 0.2) is 41.9 Å². The number of benzene rings is 1. The molecule has 0 aliphatic heterocycles. The summed E-state index contributed by atoms with van der Waals surface area (Å²) >= 11 is 2.79. The van der Waals surface area contributed by atoms with Crippen molar-refractivity contribution in [3.8, 4) is 11.3 Å². The van der Waals surface area contributed by atoms with E-state index in [4.69, 9.17) is 0 Å². The highest BCUT2D eigenvalue weighted by atomic mass is 35.5. The Morgan fingerprint density at radius 1 is 1.09 bits per heavy atom. The van der Waals surface area contributed by atoms with Crippen LogP contribution in [0.25, 0.3) is 22.3 Å². The van der Waals surface area contributed by atoms with Gasteiger partial charge in [-0.1, -0.05) is 12.1 Å². The molecule has 0 aliphatic rings. The van der Waals surface area contributed by atoms with Crippen LogP contribution in [0.1, 0.15) is 5.56 Å². The molecule has 5 nitrogen and oxygen atoms in total. The molecule has 0 spiro atoms. The van der Waals surface area contributed by atoms with Gasteiger partial charge in [0.1, 0.15) is 16.9 Å². The van der Waals surface area contributed by atoms with Crippen molar-refractivity contribution < 1.29 is 0 Å². The zero-order valence-corrected chi connectivity index (χ0v) is 14.5. The molecule has 3 aromatic heterocycles. The summed E-state index contributed by atoms with van der Waals surface area (Å²) in [7, 11) is 0. The van der Waals surface area contributed by atoms with Gasteiger partial charge in [-0.3, -0.25) is 0 Å². The number of halogens is 1. The highest BCUT2D eigenvalue weighted by Gasteiger charge is 2.08. The fourth-order valence-corrected chi connectivity index (χ4v) is 3.36. The molecule has 0 aliphatic carbocycles. The fraction of sp³-hybridized carbons (Fsp3) is 0.0667. The van der Waals surface area contributed by atoms with Crippen molar-refractivity contribution in [3.05, 3.63) is 47.5 Å². The third kappa shape index (κ3) is 3.17. The number of thiazole rings is 1. The highest BCUT2D eigenvalue weighted by molar-refractivity contribution is 7.14. The van der Waals surface area contributed by atoms with Gasteiger partial charge in [0.2, 0.25) is 0 Å². The van der Waals surface area contributed by atoms with Crippen LogP contribution in [-0.2, 0) is 0 Å². The van der Waals surface area contributed by atoms with Gasteiger partial charge in [-0.05, 0) is 30.7 Å². The van der Waals surface area contributed by atoms with Gasteiger partial charge in [0.05, 0.1) is 17.4 Å². The number of rotatable bonds is 3. The minimum absolute atomic E-state index is 0. The van der Waals surface area contributed by atoms with Gasteiger partial charge >= 0.3 is 0 Å². The smallest absolute Gasteiger partial charge is 0.188 e. The van der Waals surface area contributed by atoms with E-state index < -0.39 is 0 Å². The first-order chi connectivity index (χ1) is 10.8. The second kappa shape index (κ2) is 6.57. The van der Waals surface area contributed by atoms with Crippen LogP contribution in [0.3, 0.4) is 0 Å². The van der Waals surface area contributed by atoms with Crippen LogP contribution in [0.5, 0.6) is 0 Å². The molecular weight excluding hydrogens is 350 g/mol. The quantitative estimate of drug-likeness (QED) is 0.573. The molecule has 116 valence electrons. The van der Waals surface area contributed by atoms with E-state index in [1.165, 1.54) is 11.7 Å². The lowest BCUT2D eigenvalue weighted by molar-refractivity contribution is 1.24. The average Bonchev–Trinajstić information content (AvgIpc) is 3.17. The van der Waals surface area contributed by atoms with Crippen LogP contribution < -0.4 is 5.32 Å². The lowest BCUT2D eigenvalue weighted by atomic mass is 10.1. The zero-order chi connectivity index (χ0) is 14.9. The minimum Gasteiger partial charge on any atom is -0.316 e. The Hall–Kier alpha value is -2.09. The van der Waals surface area contributed by atoms with Gasteiger partial charge in [-0.25, -0.2) is 9.97 Å². The Kier molecular flexibility index (Phi) is 4.51. The second-order valence-corrected chi connectivity index (χ2v) is 6.19. The average molecular weight is 362 g/mol. The summed E-state index contributed by atoms with van der Waals surface area (Å²) in [6.07, 6.45) is 1.77. The number of fused-ring (bicyclic) bond motifs is 1. The Bertz CT molecular complexity index is 950. The lowest BCUT2D eigenvalue weighted by Gasteiger charge is -2.04. The molecule has 0 radical (unpaired) electrons. The van der Waals surface area contributed by atoms with Gasteiger partial charge in [0.25, 0.3) is 0 Å². The van der Waals surface area contributed by atoms with Crippen molar-refractivity contribution in [2.45, 2.75) is 6.92 Å². The normalized spacial score (nSPS) is 10.5. The maximum atomic E-state index is 4.63. The molecule has 0 unspecified atom stereocenters. The fourth-order valence-electron chi connectivity index (χ4n) is 2.12. The van der Waals surface area contributed by atoms with Crippen LogP contribution in [0.4, 0.5) is 10.9 Å². The molecule has 4 rings (SSSR count). The first kappa shape index (κ1) is 15.8. The van der Waals surface area contributed by atoms with Gasteiger partial charge in [-0.15, -0.1) is 23.7 Å². The van der Waals surface area contributed by atoms with Gasteiger partial charge in [0, 0.05) is 17.1 Å². The molecule has 23 heavy (non-hydrogen) atoms. The number of hydrogen-bond donors (Lipinski definition) is 1. The standard InChI is InChI=1S/C15H11N5S2.ClH/c1-9-3-2-6-16-14(9)18-15-17-13(8-21-15)10-4-5-11-12(7-10)20-22-19-11;/h2-8H,1H3,(H,16,17,18);1H. The van der Waals surface area contributed by atoms with Gasteiger partial charge < -0.3 is 5.32 Å². The SMILES string of the molecule is Cc1cccnc1Nc1nc(-c2ccc3nsnc3c2)cs1.Cl. The lowest BCUT2D eigenvalue weighted by Crippen LogP contribution is -1.95. The number of aryl methyl sites for hydroxylation is 1. The second-order valence-electron chi connectivity index (χ2n) is 4.80. The number of hydrogen-bond acceptors (Lipinski definition) is 7. The van der Waals surface area contributed by atoms with Crippen LogP contribution in [-0.4, -0.2) is 18.7 Å². The number of pyridine rings is 1. The van der Waals surface area contributed by atoms with Crippen LogP contribution >= 0.6 is 35.5 Å². The maximum Gasteiger partial charge on any atom is 0.188 e. The largest absolute Gasteiger partial charge is 0.316 e. The van der Waals surface area contributed by atoms with E-state index in [2.05, 4.69) is 24.0 Å². The Morgan fingerprint density at radius 2 is 1.96 bits per heavy atom. The minimum atomic E-state index is 0. The van der Waals surface area contributed by atoms with E-state index in [-0.39, 0.29) is 12.4 Å². The molecule has 0 atom stereocenters. The van der Waals surface area contributed by atoms with E-state index in [0.717, 1.165) is 38.8 Å². The predicted octanol–water partition coefficient (Wildman–Crippen LogP) is 4.68. The number of anilines is 2. The van der Waals surface area contributed by atoms with Crippen LogP contribution in [0.2, 0.25) is 0 Å². The summed E-state index contributed by atoms with van der Waals surface area (Å²) in [5.74, 6) is 0.836. The molecule has 0 bridgehead atoms. The molecular formula is C15H12ClN5S2. The third-order valence-corrected chi connectivity index (χ3v) is 4.60. The highest BCUT2D eigenvalue weighted by Crippen LogP contribution is 2.29. The molecule has 8 heteroatoms. The summed E-state index contributed by atoms with van der Waals surface area (Å²) in [6, 6.07) is 9.96. The predicted molar refractivity (Wildman–Crippen MR) is 98.0 cm³/mol. The van der Waals surface area contributed by atoms with Crippen LogP contribution in [0, 0.1) is 6.92 Å². The number of nitrogens with one attached hydrogen (secondary N) is 1. The van der Waals surface area contributed by atoms with Crippen molar-refractivity contribution in [2.75, 3.05) is 5.32 Å². The van der Waals surface area contributed by atoms with Gasteiger partial charge in [-0.2, -0.15) is 8.75 Å². The molecule has 1 N–H and O–H groups in total. The van der Waals surface area contributed by atoms with Crippen molar-refractivity contribution >= 4 is 57.5 Å². The van der Waals surface area contributed by atoms with E-state index in [1.54, 1.807) is 17.5 Å². The summed E-state index contributed by atoms with van der Waals surface area (Å²) in [5.41, 5.74) is 4.89. The molecule has 3 heterocycles. The summed E-state index contributed by atoms with van der Waals surface area (Å²) in [4.78, 5) is 8.96. The summed E-state index contributed by atoms with van der Waals surface area (Å²) in [5, 5.41) is 6.12. The van der Waals surface area contributed by atoms with E-state index in [0.29, 0.717) is 0 Å².